The van der Waals surface area contributed by atoms with Crippen LogP contribution in [0, 0.1) is 6.92 Å². The van der Waals surface area contributed by atoms with Crippen molar-refractivity contribution in [3.63, 3.8) is 0 Å². The van der Waals surface area contributed by atoms with Crippen molar-refractivity contribution in [2.45, 2.75) is 17.0 Å². The largest absolute Gasteiger partial charge is 0.497 e. The number of rotatable bonds is 8. The zero-order valence-electron chi connectivity index (χ0n) is 18.3. The number of ether oxygens (including phenoxy) is 1. The van der Waals surface area contributed by atoms with Gasteiger partial charge in [-0.1, -0.05) is 83.5 Å². The smallest absolute Gasteiger partial charge is 0.266 e. The predicted molar refractivity (Wildman–Crippen MR) is 142 cm³/mol. The van der Waals surface area contributed by atoms with Crippen molar-refractivity contribution in [1.29, 1.82) is 0 Å². The Balaban J connectivity index is 1.33. The normalized spacial score (nSPS) is 14.6. The summed E-state index contributed by atoms with van der Waals surface area (Å²) in [4.78, 5) is 27.1. The number of hydrogen-bond donors (Lipinski definition) is 1. The molecule has 1 aliphatic heterocycles. The summed E-state index contributed by atoms with van der Waals surface area (Å²) in [6, 6.07) is 15.5. The Morgan fingerprint density at radius 3 is 2.71 bits per heavy atom. The second kappa shape index (κ2) is 11.1. The number of carbonyl (C=O) groups excluding carboxylic acids is 2. The number of aryl methyl sites for hydroxylation is 1. The molecule has 0 atom stereocenters. The second-order valence-corrected chi connectivity index (χ2v) is 11.1. The quantitative estimate of drug-likeness (QED) is 0.190. The Morgan fingerprint density at radius 1 is 1.21 bits per heavy atom. The van der Waals surface area contributed by atoms with Gasteiger partial charge in [0, 0.05) is 5.75 Å². The maximum absolute atomic E-state index is 12.8. The van der Waals surface area contributed by atoms with Gasteiger partial charge in [0.15, 0.2) is 4.34 Å². The van der Waals surface area contributed by atoms with Crippen molar-refractivity contribution in [3.8, 4) is 5.75 Å². The van der Waals surface area contributed by atoms with E-state index in [2.05, 4.69) is 34.6 Å². The van der Waals surface area contributed by atoms with Gasteiger partial charge in [0.2, 0.25) is 11.0 Å². The van der Waals surface area contributed by atoms with E-state index in [9.17, 15) is 9.59 Å². The van der Waals surface area contributed by atoms with Crippen LogP contribution in [0.15, 0.2) is 57.8 Å². The van der Waals surface area contributed by atoms with Crippen molar-refractivity contribution >= 4 is 74.4 Å². The molecule has 4 rings (SSSR count). The second-order valence-electron chi connectivity index (χ2n) is 7.18. The molecule has 0 unspecified atom stereocenters. The Labute approximate surface area is 215 Å². The number of thioether (sulfide) groups is 2. The summed E-state index contributed by atoms with van der Waals surface area (Å²) in [7, 11) is 1.60. The van der Waals surface area contributed by atoms with Gasteiger partial charge in [0.1, 0.15) is 16.6 Å². The lowest BCUT2D eigenvalue weighted by Gasteiger charge is -2.13. The zero-order valence-corrected chi connectivity index (χ0v) is 21.6. The number of carbonyl (C=O) groups is 2. The molecule has 1 aliphatic rings. The maximum Gasteiger partial charge on any atom is 0.266 e. The first-order valence-corrected chi connectivity index (χ1v) is 13.2. The van der Waals surface area contributed by atoms with Gasteiger partial charge in [-0.25, -0.2) is 0 Å². The molecule has 2 amide bonds. The molecule has 1 fully saturated rings. The molecule has 0 saturated carbocycles. The number of nitrogens with one attached hydrogen (secondary N) is 1. The van der Waals surface area contributed by atoms with Crippen molar-refractivity contribution in [2.75, 3.05) is 19.0 Å². The van der Waals surface area contributed by atoms with Crippen LogP contribution in [-0.4, -0.2) is 44.9 Å². The van der Waals surface area contributed by atoms with E-state index < -0.39 is 0 Å². The Kier molecular flexibility index (Phi) is 7.99. The van der Waals surface area contributed by atoms with Gasteiger partial charge >= 0.3 is 0 Å². The molecular weight excluding hydrogens is 509 g/mol. The highest BCUT2D eigenvalue weighted by Crippen LogP contribution is 2.33. The van der Waals surface area contributed by atoms with Gasteiger partial charge in [0.25, 0.3) is 5.91 Å². The average Bonchev–Trinajstić information content (AvgIpc) is 3.38. The number of benzene rings is 2. The number of nitrogens with zero attached hydrogens (tertiary/aromatic N) is 3. The van der Waals surface area contributed by atoms with Gasteiger partial charge in [-0.2, -0.15) is 0 Å². The van der Waals surface area contributed by atoms with Crippen LogP contribution >= 0.6 is 47.1 Å². The summed E-state index contributed by atoms with van der Waals surface area (Å²) >= 11 is 9.36. The molecule has 34 heavy (non-hydrogen) atoms. The van der Waals surface area contributed by atoms with Crippen LogP contribution in [0.3, 0.4) is 0 Å². The zero-order chi connectivity index (χ0) is 24.1. The van der Waals surface area contributed by atoms with Crippen LogP contribution < -0.4 is 10.1 Å². The molecule has 3 aromatic rings. The predicted octanol–water partition coefficient (Wildman–Crippen LogP) is 4.99. The van der Waals surface area contributed by atoms with Gasteiger partial charge < -0.3 is 4.74 Å². The van der Waals surface area contributed by atoms with Crippen molar-refractivity contribution in [3.05, 3.63) is 70.1 Å². The first kappa shape index (κ1) is 24.4. The monoisotopic (exact) mass is 528 g/mol. The lowest BCUT2D eigenvalue weighted by atomic mass is 10.1. The number of amides is 2. The molecule has 1 saturated heterocycles. The standard InChI is InChI=1S/C23H20N4O3S4/c1-14-5-3-4-6-16(14)13-32-22-26-25-21(34-22)24-19(28)12-27-20(29)18(33-23(27)31)11-15-7-9-17(30-2)10-8-15/h3-11H,12-13H2,1-2H3,(H,24,25,28)/b18-11-. The average molecular weight is 529 g/mol. The van der Waals surface area contributed by atoms with Gasteiger partial charge in [-0.15, -0.1) is 10.2 Å². The molecule has 1 aromatic heterocycles. The van der Waals surface area contributed by atoms with Gasteiger partial charge in [0.05, 0.1) is 12.0 Å². The SMILES string of the molecule is COc1ccc(/C=C2\SC(=S)N(CC(=O)Nc3nnc(SCc4ccccc4C)s3)C2=O)cc1. The van der Waals surface area contributed by atoms with E-state index >= 15 is 0 Å². The topological polar surface area (TPSA) is 84.4 Å². The molecule has 174 valence electrons. The molecule has 1 N–H and O–H groups in total. The molecule has 0 bridgehead atoms. The lowest BCUT2D eigenvalue weighted by molar-refractivity contribution is -0.126. The van der Waals surface area contributed by atoms with E-state index in [1.54, 1.807) is 24.9 Å². The fourth-order valence-corrected chi connectivity index (χ4v) is 6.12. The van der Waals surface area contributed by atoms with E-state index in [0.717, 1.165) is 21.4 Å². The van der Waals surface area contributed by atoms with Crippen LogP contribution in [-0.2, 0) is 15.3 Å². The third kappa shape index (κ3) is 6.03. The highest BCUT2D eigenvalue weighted by molar-refractivity contribution is 8.26. The van der Waals surface area contributed by atoms with Gasteiger partial charge in [-0.3, -0.25) is 19.8 Å². The molecule has 2 aromatic carbocycles. The molecule has 7 nitrogen and oxygen atoms in total. The summed E-state index contributed by atoms with van der Waals surface area (Å²) in [5.74, 6) is 0.822. The molecule has 11 heteroatoms. The fourth-order valence-electron chi connectivity index (χ4n) is 3.02. The molecule has 2 heterocycles. The van der Waals surface area contributed by atoms with Crippen LogP contribution in [0.1, 0.15) is 16.7 Å². The van der Waals surface area contributed by atoms with Crippen molar-refractivity contribution in [1.82, 2.24) is 15.1 Å². The number of hydrogen-bond acceptors (Lipinski definition) is 9. The number of aromatic nitrogens is 2. The summed E-state index contributed by atoms with van der Waals surface area (Å²) in [5, 5.41) is 11.3. The minimum atomic E-state index is -0.381. The Morgan fingerprint density at radius 2 is 1.97 bits per heavy atom. The minimum Gasteiger partial charge on any atom is -0.497 e. The maximum atomic E-state index is 12.8. The summed E-state index contributed by atoms with van der Waals surface area (Å²) in [6.45, 7) is 1.89. The highest BCUT2D eigenvalue weighted by Gasteiger charge is 2.33. The number of thiocarbonyl (C=S) groups is 1. The van der Waals surface area contributed by atoms with Crippen LogP contribution in [0.25, 0.3) is 6.08 Å². The fraction of sp³-hybridized carbons (Fsp3) is 0.174. The molecule has 0 aliphatic carbocycles. The van der Waals surface area contributed by atoms with Crippen LogP contribution in [0.5, 0.6) is 5.75 Å². The molecular formula is C23H20N4O3S4. The molecule has 0 radical (unpaired) electrons. The lowest BCUT2D eigenvalue weighted by Crippen LogP contribution is -2.36. The first-order valence-electron chi connectivity index (χ1n) is 10.1. The Bertz CT molecular complexity index is 1260. The molecule has 0 spiro atoms. The minimum absolute atomic E-state index is 0.185. The van der Waals surface area contributed by atoms with Gasteiger partial charge in [-0.05, 0) is 41.8 Å². The summed E-state index contributed by atoms with van der Waals surface area (Å²) in [5.41, 5.74) is 3.29. The van der Waals surface area contributed by atoms with E-state index in [1.165, 1.54) is 39.1 Å². The number of methoxy groups -OCH3 is 1. The highest BCUT2D eigenvalue weighted by atomic mass is 32.2. The van der Waals surface area contributed by atoms with E-state index in [1.807, 2.05) is 36.4 Å². The van der Waals surface area contributed by atoms with Crippen LogP contribution in [0.2, 0.25) is 0 Å². The van der Waals surface area contributed by atoms with E-state index in [0.29, 0.717) is 14.4 Å². The third-order valence-corrected chi connectivity index (χ3v) is 8.25. The number of anilines is 1. The van der Waals surface area contributed by atoms with Crippen LogP contribution in [0.4, 0.5) is 5.13 Å². The van der Waals surface area contributed by atoms with Crippen molar-refractivity contribution < 1.29 is 14.3 Å². The first-order chi connectivity index (χ1) is 16.4. The summed E-state index contributed by atoms with van der Waals surface area (Å²) < 4.78 is 6.25. The third-order valence-electron chi connectivity index (χ3n) is 4.85. The van der Waals surface area contributed by atoms with Crippen molar-refractivity contribution in [2.24, 2.45) is 0 Å². The summed E-state index contributed by atoms with van der Waals surface area (Å²) in [6.07, 6.45) is 1.75. The van der Waals surface area contributed by atoms with E-state index in [-0.39, 0.29) is 18.4 Å². The Hall–Kier alpha value is -2.73. The van der Waals surface area contributed by atoms with E-state index in [4.69, 9.17) is 17.0 Å².